The van der Waals surface area contributed by atoms with E-state index in [4.69, 9.17) is 16.3 Å². The first-order valence-corrected chi connectivity index (χ1v) is 12.5. The maximum atomic E-state index is 13.8. The molecule has 1 N–H and O–H groups in total. The van der Waals surface area contributed by atoms with E-state index < -0.39 is 0 Å². The lowest BCUT2D eigenvalue weighted by molar-refractivity contribution is -0.144. The number of aromatic nitrogens is 1. The summed E-state index contributed by atoms with van der Waals surface area (Å²) in [5.74, 6) is -0.415. The number of carbonyl (C=O) groups is 3. The van der Waals surface area contributed by atoms with Crippen molar-refractivity contribution in [2.24, 2.45) is 5.92 Å². The van der Waals surface area contributed by atoms with E-state index in [9.17, 15) is 14.4 Å². The molecule has 10 heteroatoms. The molecule has 0 aromatic carbocycles. The molecule has 0 spiro atoms. The van der Waals surface area contributed by atoms with Gasteiger partial charge in [0.25, 0.3) is 0 Å². The Morgan fingerprint density at radius 2 is 1.91 bits per heavy atom. The second kappa shape index (κ2) is 11.0. The number of hydrogen-bond acceptors (Lipinski definition) is 6. The van der Waals surface area contributed by atoms with Crippen molar-refractivity contribution >= 4 is 29.3 Å². The third-order valence-electron chi connectivity index (χ3n) is 7.25. The van der Waals surface area contributed by atoms with Gasteiger partial charge in [0.1, 0.15) is 0 Å². The van der Waals surface area contributed by atoms with Crippen LogP contribution in [0, 0.1) is 5.92 Å². The molecule has 0 radical (unpaired) electrons. The first-order chi connectivity index (χ1) is 16.3. The van der Waals surface area contributed by atoms with Gasteiger partial charge in [-0.2, -0.15) is 0 Å². The second-order valence-electron chi connectivity index (χ2n) is 9.54. The molecule has 4 rings (SSSR count). The van der Waals surface area contributed by atoms with Crippen molar-refractivity contribution in [1.82, 2.24) is 25.0 Å². The summed E-state index contributed by atoms with van der Waals surface area (Å²) in [6.45, 7) is 7.78. The minimum atomic E-state index is -0.230. The Morgan fingerprint density at radius 1 is 1.15 bits per heavy atom. The van der Waals surface area contributed by atoms with Gasteiger partial charge in [-0.1, -0.05) is 11.6 Å². The molecule has 0 aliphatic carbocycles. The van der Waals surface area contributed by atoms with Gasteiger partial charge in [0, 0.05) is 82.8 Å². The first kappa shape index (κ1) is 24.9. The zero-order valence-electron chi connectivity index (χ0n) is 19.9. The minimum Gasteiger partial charge on any atom is -0.381 e. The zero-order chi connectivity index (χ0) is 24.2. The summed E-state index contributed by atoms with van der Waals surface area (Å²) in [5, 5.41) is 3.15. The van der Waals surface area contributed by atoms with E-state index in [1.165, 1.54) is 6.92 Å². The second-order valence-corrected chi connectivity index (χ2v) is 9.98. The van der Waals surface area contributed by atoms with Gasteiger partial charge < -0.3 is 19.9 Å². The number of amides is 3. The van der Waals surface area contributed by atoms with Crippen LogP contribution in [0.4, 0.5) is 0 Å². The molecule has 3 fully saturated rings. The fraction of sp³-hybridized carbons (Fsp3) is 0.667. The van der Waals surface area contributed by atoms with Crippen LogP contribution in [0.1, 0.15) is 38.3 Å². The van der Waals surface area contributed by atoms with Crippen LogP contribution in [-0.4, -0.2) is 102 Å². The number of hydrogen-bond donors (Lipinski definition) is 1. The summed E-state index contributed by atoms with van der Waals surface area (Å²) >= 11 is 6.07. The minimum absolute atomic E-state index is 0.00217. The van der Waals surface area contributed by atoms with Crippen molar-refractivity contribution in [2.75, 3.05) is 52.5 Å². The highest BCUT2D eigenvalue weighted by molar-refractivity contribution is 6.30. The van der Waals surface area contributed by atoms with E-state index in [0.29, 0.717) is 37.2 Å². The summed E-state index contributed by atoms with van der Waals surface area (Å²) in [7, 11) is 0. The molecule has 1 aromatic heterocycles. The molecule has 34 heavy (non-hydrogen) atoms. The van der Waals surface area contributed by atoms with Gasteiger partial charge in [-0.3, -0.25) is 24.3 Å². The van der Waals surface area contributed by atoms with Crippen LogP contribution in [0.15, 0.2) is 18.3 Å². The largest absolute Gasteiger partial charge is 0.381 e. The Kier molecular flexibility index (Phi) is 8.06. The molecule has 0 bridgehead atoms. The Hall–Kier alpha value is -2.23. The Labute approximate surface area is 205 Å². The lowest BCUT2D eigenvalue weighted by Gasteiger charge is -2.41. The van der Waals surface area contributed by atoms with Gasteiger partial charge in [0.2, 0.25) is 17.7 Å². The number of piperazine rings is 1. The number of rotatable bonds is 5. The fourth-order valence-electron chi connectivity index (χ4n) is 5.40. The molecule has 9 nitrogen and oxygen atoms in total. The Bertz CT molecular complexity index is 892. The van der Waals surface area contributed by atoms with Crippen LogP contribution in [0.2, 0.25) is 5.02 Å². The number of ether oxygens (including phenoxy) is 1. The van der Waals surface area contributed by atoms with Crippen molar-refractivity contribution in [3.8, 4) is 0 Å². The molecule has 4 heterocycles. The number of nitrogens with zero attached hydrogens (tertiary/aromatic N) is 4. The van der Waals surface area contributed by atoms with Crippen molar-refractivity contribution in [3.05, 3.63) is 29.0 Å². The molecule has 186 valence electrons. The topological polar surface area (TPSA) is 95.1 Å². The quantitative estimate of drug-likeness (QED) is 0.663. The highest BCUT2D eigenvalue weighted by Crippen LogP contribution is 2.36. The van der Waals surface area contributed by atoms with Crippen LogP contribution in [0.5, 0.6) is 0 Å². The summed E-state index contributed by atoms with van der Waals surface area (Å²) < 4.78 is 5.54. The van der Waals surface area contributed by atoms with Gasteiger partial charge in [-0.25, -0.2) is 0 Å². The van der Waals surface area contributed by atoms with Crippen molar-refractivity contribution in [1.29, 1.82) is 0 Å². The van der Waals surface area contributed by atoms with Crippen LogP contribution in [-0.2, 0) is 19.1 Å². The van der Waals surface area contributed by atoms with E-state index in [1.54, 1.807) is 11.1 Å². The van der Waals surface area contributed by atoms with E-state index in [1.807, 2.05) is 24.0 Å². The zero-order valence-corrected chi connectivity index (χ0v) is 20.7. The molecular formula is C24H34ClN5O4. The van der Waals surface area contributed by atoms with Crippen LogP contribution < -0.4 is 5.32 Å². The number of halogens is 1. The highest BCUT2D eigenvalue weighted by Gasteiger charge is 2.44. The predicted octanol–water partition coefficient (Wildman–Crippen LogP) is 1.12. The first-order valence-electron chi connectivity index (χ1n) is 12.1. The monoisotopic (exact) mass is 491 g/mol. The van der Waals surface area contributed by atoms with Gasteiger partial charge in [-0.15, -0.1) is 0 Å². The standard InChI is InChI=1S/C24H34ClN5O4/c1-16-13-28(7-8-30(16)23(32)12-26-17(2)31)24(33)21-15-29(19-5-9-34-10-6-19)14-20(21)22-4-3-18(25)11-27-22/h3-4,11,16,19-21H,5-10,12-15H2,1-2H3,(H,26,31)/t16?,20-,21-/m1/s1. The Balaban J connectivity index is 1.45. The number of carbonyl (C=O) groups excluding carboxylic acids is 3. The third-order valence-corrected chi connectivity index (χ3v) is 7.47. The summed E-state index contributed by atoms with van der Waals surface area (Å²) in [5.41, 5.74) is 0.898. The average Bonchev–Trinajstić information content (AvgIpc) is 3.28. The summed E-state index contributed by atoms with van der Waals surface area (Å²) in [6, 6.07) is 4.08. The molecule has 1 unspecified atom stereocenters. The molecule has 1 aromatic rings. The smallest absolute Gasteiger partial charge is 0.242 e. The number of likely N-dealkylation sites (tertiary alicyclic amines) is 1. The molecule has 3 aliphatic heterocycles. The van der Waals surface area contributed by atoms with Crippen molar-refractivity contribution < 1.29 is 19.1 Å². The van der Waals surface area contributed by atoms with Crippen LogP contribution in [0.25, 0.3) is 0 Å². The highest BCUT2D eigenvalue weighted by atomic mass is 35.5. The summed E-state index contributed by atoms with van der Waals surface area (Å²) in [6.07, 6.45) is 3.61. The van der Waals surface area contributed by atoms with E-state index in [0.717, 1.165) is 38.3 Å². The Morgan fingerprint density at radius 3 is 2.56 bits per heavy atom. The van der Waals surface area contributed by atoms with Gasteiger partial charge in [0.15, 0.2) is 0 Å². The van der Waals surface area contributed by atoms with Gasteiger partial charge >= 0.3 is 0 Å². The predicted molar refractivity (Wildman–Crippen MR) is 127 cm³/mol. The van der Waals surface area contributed by atoms with Gasteiger partial charge in [0.05, 0.1) is 17.5 Å². The van der Waals surface area contributed by atoms with Gasteiger partial charge in [-0.05, 0) is 31.9 Å². The number of nitrogens with one attached hydrogen (secondary N) is 1. The van der Waals surface area contributed by atoms with E-state index >= 15 is 0 Å². The average molecular weight is 492 g/mol. The number of pyridine rings is 1. The lowest BCUT2D eigenvalue weighted by Crippen LogP contribution is -2.58. The summed E-state index contributed by atoms with van der Waals surface area (Å²) in [4.78, 5) is 48.1. The van der Waals surface area contributed by atoms with Crippen LogP contribution in [0.3, 0.4) is 0 Å². The van der Waals surface area contributed by atoms with Crippen LogP contribution >= 0.6 is 11.6 Å². The van der Waals surface area contributed by atoms with E-state index in [-0.39, 0.29) is 42.1 Å². The SMILES string of the molecule is CC(=O)NCC(=O)N1CCN(C(=O)[C@@H]2CN(C3CCOCC3)C[C@H]2c2ccc(Cl)cn2)CC1C. The van der Waals surface area contributed by atoms with Crippen molar-refractivity contribution in [3.63, 3.8) is 0 Å². The fourth-order valence-corrected chi connectivity index (χ4v) is 5.52. The maximum absolute atomic E-state index is 13.8. The third kappa shape index (κ3) is 5.70. The molecule has 3 aliphatic rings. The normalized spacial score (nSPS) is 26.5. The molecule has 3 atom stereocenters. The van der Waals surface area contributed by atoms with Crippen molar-refractivity contribution in [2.45, 2.75) is 44.7 Å². The van der Waals surface area contributed by atoms with E-state index in [2.05, 4.69) is 15.2 Å². The lowest BCUT2D eigenvalue weighted by atomic mass is 9.90. The molecule has 0 saturated carbocycles. The molecule has 3 saturated heterocycles. The molecule has 3 amide bonds. The maximum Gasteiger partial charge on any atom is 0.242 e. The molecular weight excluding hydrogens is 458 g/mol.